The number of aliphatic hydroxyl groups is 1. The summed E-state index contributed by atoms with van der Waals surface area (Å²) in [6.45, 7) is 5.13. The number of hydrogen-bond acceptors (Lipinski definition) is 3. The second-order valence-corrected chi connectivity index (χ2v) is 4.59. The van der Waals surface area contributed by atoms with Crippen molar-refractivity contribution in [1.29, 1.82) is 0 Å². The smallest absolute Gasteiger partial charge is 0.219 e. The number of unbranched alkanes of at least 4 members (excludes halogenated alkanes) is 3. The van der Waals surface area contributed by atoms with Gasteiger partial charge in [0.25, 0.3) is 0 Å². The Morgan fingerprint density at radius 2 is 1.87 bits per heavy atom. The number of rotatable bonds is 9. The van der Waals surface area contributed by atoms with Crippen molar-refractivity contribution in [2.24, 2.45) is 5.73 Å². The Hall–Kier alpha value is -0.610. The zero-order chi connectivity index (χ0) is 11.7. The number of aliphatic hydroxyl groups excluding tert-OH is 1. The number of carbonyl (C=O) groups is 1. The van der Waals surface area contributed by atoms with Crippen molar-refractivity contribution in [3.05, 3.63) is 0 Å². The van der Waals surface area contributed by atoms with Gasteiger partial charge in [-0.25, -0.2) is 0 Å². The fraction of sp³-hybridized carbons (Fsp3) is 0.909. The van der Waals surface area contributed by atoms with Crippen molar-refractivity contribution in [1.82, 2.24) is 5.32 Å². The zero-order valence-electron chi connectivity index (χ0n) is 9.88. The maximum atomic E-state index is 10.7. The highest BCUT2D eigenvalue weighted by Crippen LogP contribution is 2.08. The van der Waals surface area contributed by atoms with Gasteiger partial charge in [0.15, 0.2) is 0 Å². The number of nitrogens with one attached hydrogen (secondary N) is 1. The molecule has 0 radical (unpaired) electrons. The van der Waals surface area contributed by atoms with Gasteiger partial charge in [-0.15, -0.1) is 0 Å². The molecule has 4 heteroatoms. The monoisotopic (exact) mass is 216 g/mol. The molecule has 0 heterocycles. The van der Waals surface area contributed by atoms with Gasteiger partial charge in [-0.1, -0.05) is 12.8 Å². The standard InChI is InChI=1S/C11H24N2O2/c1-11(2,9-10(12)15)13-7-5-3-4-6-8-14/h13-14H,3-9H2,1-2H3,(H2,12,15). The molecule has 0 aliphatic rings. The van der Waals surface area contributed by atoms with Crippen LogP contribution in [0.1, 0.15) is 46.0 Å². The normalized spacial score (nSPS) is 11.7. The molecule has 0 spiro atoms. The molecule has 0 aliphatic carbocycles. The van der Waals surface area contributed by atoms with Crippen molar-refractivity contribution in [3.8, 4) is 0 Å². The third-order valence-corrected chi connectivity index (χ3v) is 2.30. The lowest BCUT2D eigenvalue weighted by molar-refractivity contribution is -0.119. The van der Waals surface area contributed by atoms with E-state index >= 15 is 0 Å². The Morgan fingerprint density at radius 3 is 2.40 bits per heavy atom. The van der Waals surface area contributed by atoms with E-state index in [0.29, 0.717) is 6.42 Å². The highest BCUT2D eigenvalue weighted by molar-refractivity contribution is 5.74. The van der Waals surface area contributed by atoms with Crippen molar-refractivity contribution >= 4 is 5.91 Å². The van der Waals surface area contributed by atoms with E-state index in [-0.39, 0.29) is 18.1 Å². The van der Waals surface area contributed by atoms with Gasteiger partial charge in [0.1, 0.15) is 0 Å². The minimum absolute atomic E-state index is 0.206. The summed E-state index contributed by atoms with van der Waals surface area (Å²) < 4.78 is 0. The minimum Gasteiger partial charge on any atom is -0.396 e. The van der Waals surface area contributed by atoms with Crippen LogP contribution in [-0.4, -0.2) is 29.7 Å². The third-order valence-electron chi connectivity index (χ3n) is 2.30. The van der Waals surface area contributed by atoms with E-state index in [2.05, 4.69) is 5.32 Å². The van der Waals surface area contributed by atoms with E-state index in [1.54, 1.807) is 0 Å². The summed E-state index contributed by atoms with van der Waals surface area (Å²) in [5.74, 6) is -0.271. The van der Waals surface area contributed by atoms with E-state index in [4.69, 9.17) is 10.8 Å². The molecular weight excluding hydrogens is 192 g/mol. The van der Waals surface area contributed by atoms with Gasteiger partial charge in [-0.3, -0.25) is 4.79 Å². The van der Waals surface area contributed by atoms with Crippen LogP contribution in [0.2, 0.25) is 0 Å². The van der Waals surface area contributed by atoms with Crippen LogP contribution in [0.4, 0.5) is 0 Å². The molecule has 0 atom stereocenters. The van der Waals surface area contributed by atoms with Gasteiger partial charge in [0, 0.05) is 18.6 Å². The summed E-state index contributed by atoms with van der Waals surface area (Å²) in [6, 6.07) is 0. The molecule has 0 aromatic carbocycles. The second kappa shape index (κ2) is 7.65. The molecule has 0 aliphatic heterocycles. The SMILES string of the molecule is CC(C)(CC(N)=O)NCCCCCCO. The Labute approximate surface area is 92.2 Å². The van der Waals surface area contributed by atoms with Gasteiger partial charge in [0.05, 0.1) is 0 Å². The first-order chi connectivity index (χ1) is 6.98. The molecule has 0 saturated heterocycles. The molecule has 0 rings (SSSR count). The first-order valence-electron chi connectivity index (χ1n) is 5.62. The van der Waals surface area contributed by atoms with E-state index in [0.717, 1.165) is 32.2 Å². The fourth-order valence-corrected chi connectivity index (χ4v) is 1.52. The maximum absolute atomic E-state index is 10.7. The van der Waals surface area contributed by atoms with Crippen LogP contribution in [-0.2, 0) is 4.79 Å². The van der Waals surface area contributed by atoms with Crippen LogP contribution in [0.15, 0.2) is 0 Å². The fourth-order valence-electron chi connectivity index (χ4n) is 1.52. The van der Waals surface area contributed by atoms with Crippen molar-refractivity contribution in [3.63, 3.8) is 0 Å². The summed E-state index contributed by atoms with van der Waals surface area (Å²) in [4.78, 5) is 10.7. The topological polar surface area (TPSA) is 75.4 Å². The van der Waals surface area contributed by atoms with Gasteiger partial charge < -0.3 is 16.2 Å². The van der Waals surface area contributed by atoms with E-state index < -0.39 is 0 Å². The number of carbonyl (C=O) groups excluding carboxylic acids is 1. The zero-order valence-corrected chi connectivity index (χ0v) is 9.88. The molecule has 1 amide bonds. The molecule has 4 N–H and O–H groups in total. The summed E-state index contributed by atoms with van der Waals surface area (Å²) >= 11 is 0. The highest BCUT2D eigenvalue weighted by atomic mass is 16.2. The number of primary amides is 1. The van der Waals surface area contributed by atoms with Crippen LogP contribution >= 0.6 is 0 Å². The highest BCUT2D eigenvalue weighted by Gasteiger charge is 2.18. The van der Waals surface area contributed by atoms with Crippen molar-refractivity contribution in [2.45, 2.75) is 51.5 Å². The Morgan fingerprint density at radius 1 is 1.27 bits per heavy atom. The summed E-state index contributed by atoms with van der Waals surface area (Å²) in [7, 11) is 0. The Kier molecular flexibility index (Phi) is 7.34. The molecular formula is C11H24N2O2. The Bertz CT molecular complexity index is 181. The average molecular weight is 216 g/mol. The molecule has 90 valence electrons. The maximum Gasteiger partial charge on any atom is 0.219 e. The molecule has 4 nitrogen and oxygen atoms in total. The number of amides is 1. The quantitative estimate of drug-likeness (QED) is 0.499. The van der Waals surface area contributed by atoms with Crippen LogP contribution in [0, 0.1) is 0 Å². The van der Waals surface area contributed by atoms with Crippen LogP contribution in [0.3, 0.4) is 0 Å². The second-order valence-electron chi connectivity index (χ2n) is 4.59. The molecule has 0 fully saturated rings. The summed E-state index contributed by atoms with van der Waals surface area (Å²) in [5, 5.41) is 11.9. The largest absolute Gasteiger partial charge is 0.396 e. The van der Waals surface area contributed by atoms with Gasteiger partial charge in [0.2, 0.25) is 5.91 Å². The van der Waals surface area contributed by atoms with Crippen LogP contribution in [0.25, 0.3) is 0 Å². The first-order valence-corrected chi connectivity index (χ1v) is 5.62. The first kappa shape index (κ1) is 14.4. The van der Waals surface area contributed by atoms with Crippen molar-refractivity contribution in [2.75, 3.05) is 13.2 Å². The van der Waals surface area contributed by atoms with Gasteiger partial charge >= 0.3 is 0 Å². The van der Waals surface area contributed by atoms with E-state index in [9.17, 15) is 4.79 Å². The minimum atomic E-state index is -0.271. The predicted octanol–water partition coefficient (Wildman–Crippen LogP) is 0.783. The van der Waals surface area contributed by atoms with Crippen molar-refractivity contribution < 1.29 is 9.90 Å². The molecule has 0 aromatic heterocycles. The van der Waals surface area contributed by atoms with E-state index in [1.165, 1.54) is 0 Å². The molecule has 15 heavy (non-hydrogen) atoms. The summed E-state index contributed by atoms with van der Waals surface area (Å²) in [5.41, 5.74) is 4.94. The van der Waals surface area contributed by atoms with Gasteiger partial charge in [-0.05, 0) is 33.2 Å². The molecule has 0 aromatic rings. The lowest BCUT2D eigenvalue weighted by atomic mass is 10.00. The van der Waals surface area contributed by atoms with Crippen LogP contribution < -0.4 is 11.1 Å². The number of hydrogen-bond donors (Lipinski definition) is 3. The molecule has 0 saturated carbocycles. The van der Waals surface area contributed by atoms with Gasteiger partial charge in [-0.2, -0.15) is 0 Å². The third kappa shape index (κ3) is 9.69. The molecule has 0 unspecified atom stereocenters. The average Bonchev–Trinajstić information content (AvgIpc) is 2.08. The lowest BCUT2D eigenvalue weighted by Crippen LogP contribution is -2.43. The number of nitrogens with two attached hydrogens (primary N) is 1. The summed E-state index contributed by atoms with van der Waals surface area (Å²) in [6.07, 6.45) is 4.49. The van der Waals surface area contributed by atoms with Crippen LogP contribution in [0.5, 0.6) is 0 Å². The molecule has 0 bridgehead atoms. The Balaban J connectivity index is 3.44. The predicted molar refractivity (Wildman–Crippen MR) is 61.4 cm³/mol. The van der Waals surface area contributed by atoms with E-state index in [1.807, 2.05) is 13.8 Å². The lowest BCUT2D eigenvalue weighted by Gasteiger charge is -2.24.